The topological polar surface area (TPSA) is 26.0 Å². The minimum atomic E-state index is -0.298. The third-order valence-electron chi connectivity index (χ3n) is 2.24. The number of allylic oxidation sites excluding steroid dienone is 1. The number of hydrogen-bond acceptors (Lipinski definition) is 1. The smallest absolute Gasteiger partial charge is 1.00 e. The molecule has 5 heteroatoms. The van der Waals surface area contributed by atoms with Crippen LogP contribution in [0, 0.1) is 0 Å². The molecule has 0 saturated carbocycles. The zero-order valence-corrected chi connectivity index (χ0v) is 17.2. The van der Waals surface area contributed by atoms with Crippen molar-refractivity contribution >= 4 is 12.7 Å². The van der Waals surface area contributed by atoms with Gasteiger partial charge < -0.3 is 30.5 Å². The molecule has 0 saturated heterocycles. The van der Waals surface area contributed by atoms with Crippen LogP contribution in [-0.2, 0) is 24.8 Å². The Morgan fingerprint density at radius 2 is 1.60 bits per heavy atom. The van der Waals surface area contributed by atoms with Crippen molar-refractivity contribution in [1.29, 1.82) is 0 Å². The molecule has 1 nitrogen and oxygen atoms in total. The molecule has 0 unspecified atom stereocenters. The molecule has 0 spiro atoms. The van der Waals surface area contributed by atoms with Gasteiger partial charge in [0.15, 0.2) is 0 Å². The van der Waals surface area contributed by atoms with Crippen molar-refractivity contribution in [1.82, 2.24) is 0 Å². The van der Waals surface area contributed by atoms with Crippen LogP contribution in [-0.4, -0.2) is 12.2 Å². The van der Waals surface area contributed by atoms with Gasteiger partial charge in [-0.1, -0.05) is 0 Å². The van der Waals surface area contributed by atoms with Crippen LogP contribution in [0.4, 0.5) is 0 Å². The summed E-state index contributed by atoms with van der Waals surface area (Å²) in [5, 5.41) is 0. The molecule has 0 bridgehead atoms. The summed E-state index contributed by atoms with van der Waals surface area (Å²) in [6.45, 7) is 10.5. The molecule has 20 heavy (non-hydrogen) atoms. The van der Waals surface area contributed by atoms with Gasteiger partial charge in [-0.15, -0.1) is 0 Å². The van der Waals surface area contributed by atoms with Crippen molar-refractivity contribution in [3.05, 3.63) is 39.3 Å². The number of benzene rings is 1. The van der Waals surface area contributed by atoms with Crippen molar-refractivity contribution in [3.63, 3.8) is 0 Å². The molecule has 1 aromatic rings. The first kappa shape index (κ1) is 22.7. The van der Waals surface area contributed by atoms with E-state index >= 15 is 0 Å². The van der Waals surface area contributed by atoms with Gasteiger partial charge in [0.2, 0.25) is 0 Å². The fraction of sp³-hybridized carbons (Fsp3) is 0.467. The molecular weight excluding hydrogens is 341 g/mol. The van der Waals surface area contributed by atoms with Crippen molar-refractivity contribution in [2.45, 2.75) is 45.8 Å². The van der Waals surface area contributed by atoms with Crippen LogP contribution in [0.15, 0.2) is 28.1 Å². The van der Waals surface area contributed by atoms with E-state index < -0.39 is 0 Å². The van der Waals surface area contributed by atoms with Gasteiger partial charge in [0, 0.05) is 5.54 Å². The number of hydrogen-bond donors (Lipinski definition) is 1. The first-order valence-corrected chi connectivity index (χ1v) is 13.0. The maximum atomic E-state index is 5.35. The molecule has 0 radical (unpaired) electrons. The maximum Gasteiger partial charge on any atom is -1.00 e. The van der Waals surface area contributed by atoms with Crippen LogP contribution in [0.3, 0.4) is 0 Å². The van der Waals surface area contributed by atoms with Crippen LogP contribution in [0.1, 0.15) is 31.9 Å². The zero-order valence-electron chi connectivity index (χ0n) is 13.0. The summed E-state index contributed by atoms with van der Waals surface area (Å²) in [4.78, 5) is 0. The molecule has 0 heterocycles. The molecule has 1 aliphatic rings. The van der Waals surface area contributed by atoms with E-state index in [1.165, 1.54) is 12.0 Å². The first-order valence-electron chi connectivity index (χ1n) is 6.59. The molecule has 0 atom stereocenters. The van der Waals surface area contributed by atoms with Crippen molar-refractivity contribution in [2.75, 3.05) is 0 Å². The maximum absolute atomic E-state index is 5.35. The summed E-state index contributed by atoms with van der Waals surface area (Å²) in [6.07, 6.45) is 3.71. The third-order valence-corrected chi connectivity index (χ3v) is 8.13. The van der Waals surface area contributed by atoms with Crippen molar-refractivity contribution < 1.29 is 43.2 Å². The Morgan fingerprint density at radius 1 is 1.10 bits per heavy atom. The van der Waals surface area contributed by atoms with Gasteiger partial charge in [-0.2, -0.15) is 0 Å². The zero-order chi connectivity index (χ0) is 13.8. The van der Waals surface area contributed by atoms with Crippen molar-refractivity contribution in [3.8, 4) is 0 Å². The molecule has 1 aliphatic carbocycles. The largest absolute Gasteiger partial charge is 1.00 e. The molecule has 2 N–H and O–H groups in total. The normalized spacial score (nSPS) is 12.1. The molecule has 0 amide bonds. The second-order valence-corrected chi connectivity index (χ2v) is 16.6. The second kappa shape index (κ2) is 10.2. The third kappa shape index (κ3) is 10.2. The minimum Gasteiger partial charge on any atom is -1.00 e. The van der Waals surface area contributed by atoms with E-state index in [4.69, 9.17) is 5.73 Å². The molecule has 0 aliphatic heterocycles. The van der Waals surface area contributed by atoms with E-state index in [-0.39, 0.29) is 55.4 Å². The van der Waals surface area contributed by atoms with Gasteiger partial charge in [-0.05, 0) is 20.8 Å². The molecule has 112 valence electrons. The summed E-state index contributed by atoms with van der Waals surface area (Å²) < 4.78 is 1.78. The molecule has 2 rings (SSSR count). The van der Waals surface area contributed by atoms with Crippen LogP contribution < -0.4 is 30.5 Å². The number of rotatable bonds is 2. The summed E-state index contributed by atoms with van der Waals surface area (Å²) in [5.74, 6) is 0. The Balaban J connectivity index is 0. The van der Waals surface area contributed by atoms with E-state index in [1.54, 1.807) is 9.44 Å². The fourth-order valence-corrected chi connectivity index (χ4v) is 7.55. The number of nitrogens with two attached hydrogens (primary N) is 1. The predicted molar refractivity (Wildman–Crippen MR) is 80.9 cm³/mol. The van der Waals surface area contributed by atoms with Crippen LogP contribution in [0.2, 0.25) is 13.1 Å². The first-order chi connectivity index (χ1) is 8.25. The van der Waals surface area contributed by atoms with Crippen LogP contribution >= 0.6 is 0 Å². The van der Waals surface area contributed by atoms with E-state index in [0.717, 1.165) is 0 Å². The Labute approximate surface area is 146 Å². The summed E-state index contributed by atoms with van der Waals surface area (Å²) in [6, 6.07) is 8.82. The number of halogens is 2. The molecule has 0 fully saturated rings. The SMILES string of the molecule is CC(C)(C)N.C[SiH](C)[Ti+2][C]1=Cc2ccccc2C1.[Cl-].[Cl-]. The molecule has 1 aromatic carbocycles. The molecular formula is C15H25Cl2NSiTi. The van der Waals surface area contributed by atoms with Gasteiger partial charge in [-0.25, -0.2) is 0 Å². The van der Waals surface area contributed by atoms with Gasteiger partial charge in [0.25, 0.3) is 0 Å². The predicted octanol–water partition coefficient (Wildman–Crippen LogP) is -2.60. The summed E-state index contributed by atoms with van der Waals surface area (Å²) in [7, 11) is 0. The Hall–Kier alpha value is 0.431. The van der Waals surface area contributed by atoms with Gasteiger partial charge in [0.1, 0.15) is 0 Å². The van der Waals surface area contributed by atoms with E-state index in [1.807, 2.05) is 20.8 Å². The van der Waals surface area contributed by atoms with Gasteiger partial charge >= 0.3 is 89.9 Å². The Morgan fingerprint density at radius 3 is 2.05 bits per heavy atom. The fourth-order valence-electron chi connectivity index (χ4n) is 1.74. The summed E-state index contributed by atoms with van der Waals surface area (Å²) >= 11 is 0.281. The Bertz CT molecular complexity index is 422. The van der Waals surface area contributed by atoms with Crippen LogP contribution in [0.5, 0.6) is 0 Å². The van der Waals surface area contributed by atoms with Crippen LogP contribution in [0.25, 0.3) is 6.08 Å². The van der Waals surface area contributed by atoms with Gasteiger partial charge in [-0.3, -0.25) is 0 Å². The second-order valence-electron chi connectivity index (χ2n) is 6.21. The Kier molecular flexibility index (Phi) is 11.6. The van der Waals surface area contributed by atoms with E-state index in [9.17, 15) is 0 Å². The van der Waals surface area contributed by atoms with Crippen molar-refractivity contribution in [2.24, 2.45) is 5.73 Å². The van der Waals surface area contributed by atoms with E-state index in [0.29, 0.717) is 0 Å². The van der Waals surface area contributed by atoms with Gasteiger partial charge in [0.05, 0.1) is 0 Å². The standard InChI is InChI=1S/C9H7.C4H11N.C2H7Si.2ClH.Ti/c1-2-5-9-7-3-6-8(9)4-1;1-4(2,3)5;1-3-2;;;/h1-2,4-6H,7H2;5H2,1-3H3;3H,1-2H3;2*1H;/q;;;;;+2/p-2. The monoisotopic (exact) mass is 365 g/mol. The average Bonchev–Trinajstić information content (AvgIpc) is 2.55. The number of fused-ring (bicyclic) bond motifs is 1. The average molecular weight is 366 g/mol. The quantitative estimate of drug-likeness (QED) is 0.571. The molecule has 0 aromatic heterocycles. The minimum absolute atomic E-state index is 0. The van der Waals surface area contributed by atoms with E-state index in [2.05, 4.69) is 43.4 Å². The summed E-state index contributed by atoms with van der Waals surface area (Å²) in [5.41, 5.74) is 8.39.